The van der Waals surface area contributed by atoms with Gasteiger partial charge in [-0.25, -0.2) is 0 Å². The summed E-state index contributed by atoms with van der Waals surface area (Å²) in [4.78, 5) is 4.12. The molecule has 0 saturated heterocycles. The van der Waals surface area contributed by atoms with E-state index in [1.165, 1.54) is 0 Å². The average molecular weight is 220 g/mol. The van der Waals surface area contributed by atoms with Gasteiger partial charge in [0.15, 0.2) is 0 Å². The Balaban J connectivity index is 2.50. The summed E-state index contributed by atoms with van der Waals surface area (Å²) in [6, 6.07) is 9.05. The highest BCUT2D eigenvalue weighted by molar-refractivity contribution is 6.32. The Kier molecular flexibility index (Phi) is 2.60. The SMILES string of the molecule is Cc1cc(-c2ccc(O)c(Cl)c2)ccn1. The highest BCUT2D eigenvalue weighted by Gasteiger charge is 2.02. The molecule has 15 heavy (non-hydrogen) atoms. The van der Waals surface area contributed by atoms with Crippen molar-refractivity contribution < 1.29 is 5.11 Å². The molecule has 1 heterocycles. The number of aryl methyl sites for hydroxylation is 1. The van der Waals surface area contributed by atoms with Crippen LogP contribution in [0.2, 0.25) is 5.02 Å². The topological polar surface area (TPSA) is 33.1 Å². The molecule has 0 fully saturated rings. The van der Waals surface area contributed by atoms with Gasteiger partial charge in [-0.3, -0.25) is 4.98 Å². The van der Waals surface area contributed by atoms with Crippen LogP contribution in [0.3, 0.4) is 0 Å². The average Bonchev–Trinajstić information content (AvgIpc) is 2.22. The lowest BCUT2D eigenvalue weighted by Gasteiger charge is -2.04. The molecular weight excluding hydrogens is 210 g/mol. The molecule has 1 N–H and O–H groups in total. The number of rotatable bonds is 1. The maximum Gasteiger partial charge on any atom is 0.134 e. The highest BCUT2D eigenvalue weighted by atomic mass is 35.5. The van der Waals surface area contributed by atoms with Gasteiger partial charge in [-0.1, -0.05) is 17.7 Å². The lowest BCUT2D eigenvalue weighted by Crippen LogP contribution is -1.82. The van der Waals surface area contributed by atoms with Gasteiger partial charge >= 0.3 is 0 Å². The Hall–Kier alpha value is -1.54. The zero-order chi connectivity index (χ0) is 10.8. The number of hydrogen-bond acceptors (Lipinski definition) is 2. The Morgan fingerprint density at radius 2 is 1.87 bits per heavy atom. The van der Waals surface area contributed by atoms with Gasteiger partial charge in [-0.15, -0.1) is 0 Å². The molecule has 0 aliphatic rings. The lowest BCUT2D eigenvalue weighted by molar-refractivity contribution is 0.475. The lowest BCUT2D eigenvalue weighted by atomic mass is 10.1. The van der Waals surface area contributed by atoms with Crippen molar-refractivity contribution in [3.8, 4) is 16.9 Å². The van der Waals surface area contributed by atoms with E-state index in [9.17, 15) is 5.11 Å². The minimum atomic E-state index is 0.103. The third-order valence-corrected chi connectivity index (χ3v) is 2.48. The van der Waals surface area contributed by atoms with Crippen LogP contribution in [0.1, 0.15) is 5.69 Å². The summed E-state index contributed by atoms with van der Waals surface area (Å²) >= 11 is 5.84. The van der Waals surface area contributed by atoms with Gasteiger partial charge < -0.3 is 5.11 Å². The number of phenolic OH excluding ortho intramolecular Hbond substituents is 1. The van der Waals surface area contributed by atoms with Crippen LogP contribution in [0.4, 0.5) is 0 Å². The number of benzene rings is 1. The van der Waals surface area contributed by atoms with Gasteiger partial charge in [0.05, 0.1) is 5.02 Å². The molecule has 1 aromatic carbocycles. The van der Waals surface area contributed by atoms with E-state index in [1.54, 1.807) is 18.3 Å². The van der Waals surface area contributed by atoms with Crippen molar-refractivity contribution in [2.45, 2.75) is 6.92 Å². The van der Waals surface area contributed by atoms with Crippen molar-refractivity contribution in [1.82, 2.24) is 4.98 Å². The molecule has 0 unspecified atom stereocenters. The first-order valence-electron chi connectivity index (χ1n) is 4.58. The van der Waals surface area contributed by atoms with E-state index in [-0.39, 0.29) is 5.75 Å². The molecule has 2 aromatic rings. The molecule has 1 aromatic heterocycles. The molecule has 0 atom stereocenters. The number of halogens is 1. The van der Waals surface area contributed by atoms with Crippen LogP contribution >= 0.6 is 11.6 Å². The summed E-state index contributed by atoms with van der Waals surface area (Å²) < 4.78 is 0. The third-order valence-electron chi connectivity index (χ3n) is 2.18. The van der Waals surface area contributed by atoms with Gasteiger partial charge in [0.25, 0.3) is 0 Å². The fourth-order valence-electron chi connectivity index (χ4n) is 1.41. The van der Waals surface area contributed by atoms with E-state index in [4.69, 9.17) is 11.6 Å². The summed E-state index contributed by atoms with van der Waals surface area (Å²) in [7, 11) is 0. The number of hydrogen-bond donors (Lipinski definition) is 1. The number of nitrogens with zero attached hydrogens (tertiary/aromatic N) is 1. The van der Waals surface area contributed by atoms with Crippen LogP contribution < -0.4 is 0 Å². The monoisotopic (exact) mass is 219 g/mol. The molecule has 0 aliphatic heterocycles. The highest BCUT2D eigenvalue weighted by Crippen LogP contribution is 2.29. The smallest absolute Gasteiger partial charge is 0.134 e. The molecule has 0 radical (unpaired) electrons. The molecule has 76 valence electrons. The van der Waals surface area contributed by atoms with E-state index >= 15 is 0 Å². The molecule has 0 amide bonds. The van der Waals surface area contributed by atoms with E-state index in [0.29, 0.717) is 5.02 Å². The number of pyridine rings is 1. The number of aromatic nitrogens is 1. The van der Waals surface area contributed by atoms with Crippen LogP contribution in [0.25, 0.3) is 11.1 Å². The Morgan fingerprint density at radius 1 is 1.13 bits per heavy atom. The minimum absolute atomic E-state index is 0.103. The van der Waals surface area contributed by atoms with Crippen molar-refractivity contribution in [2.24, 2.45) is 0 Å². The second kappa shape index (κ2) is 3.91. The minimum Gasteiger partial charge on any atom is -0.506 e. The zero-order valence-corrected chi connectivity index (χ0v) is 8.99. The molecule has 3 heteroatoms. The maximum atomic E-state index is 9.30. The Morgan fingerprint density at radius 3 is 2.53 bits per heavy atom. The summed E-state index contributed by atoms with van der Waals surface area (Å²) in [5.41, 5.74) is 2.98. The van der Waals surface area contributed by atoms with Gasteiger partial charge in [-0.2, -0.15) is 0 Å². The van der Waals surface area contributed by atoms with Crippen molar-refractivity contribution in [2.75, 3.05) is 0 Å². The van der Waals surface area contributed by atoms with Crippen LogP contribution in [-0.2, 0) is 0 Å². The first-order valence-corrected chi connectivity index (χ1v) is 4.96. The van der Waals surface area contributed by atoms with Crippen molar-refractivity contribution in [3.05, 3.63) is 47.2 Å². The maximum absolute atomic E-state index is 9.30. The first kappa shape index (κ1) is 9.99. The van der Waals surface area contributed by atoms with E-state index in [0.717, 1.165) is 16.8 Å². The Labute approximate surface area is 93.2 Å². The fourth-order valence-corrected chi connectivity index (χ4v) is 1.59. The van der Waals surface area contributed by atoms with Crippen molar-refractivity contribution in [1.29, 1.82) is 0 Å². The first-order chi connectivity index (χ1) is 7.16. The van der Waals surface area contributed by atoms with Crippen LogP contribution in [-0.4, -0.2) is 10.1 Å². The van der Waals surface area contributed by atoms with E-state index in [1.807, 2.05) is 25.1 Å². The molecule has 2 rings (SSSR count). The predicted octanol–water partition coefficient (Wildman–Crippen LogP) is 3.42. The largest absolute Gasteiger partial charge is 0.506 e. The summed E-state index contributed by atoms with van der Waals surface area (Å²) in [6.07, 6.45) is 1.76. The van der Waals surface area contributed by atoms with Crippen LogP contribution in [0.5, 0.6) is 5.75 Å². The van der Waals surface area contributed by atoms with E-state index in [2.05, 4.69) is 4.98 Å². The summed E-state index contributed by atoms with van der Waals surface area (Å²) in [5, 5.41) is 9.66. The van der Waals surface area contributed by atoms with Gasteiger partial charge in [0.1, 0.15) is 5.75 Å². The second-order valence-corrected chi connectivity index (χ2v) is 3.76. The molecule has 0 aliphatic carbocycles. The molecular formula is C12H10ClNO. The fraction of sp³-hybridized carbons (Fsp3) is 0.0833. The van der Waals surface area contributed by atoms with E-state index < -0.39 is 0 Å². The Bertz CT molecular complexity index is 497. The molecule has 0 saturated carbocycles. The zero-order valence-electron chi connectivity index (χ0n) is 8.24. The summed E-state index contributed by atoms with van der Waals surface area (Å²) in [6.45, 7) is 1.94. The van der Waals surface area contributed by atoms with Gasteiger partial charge in [0.2, 0.25) is 0 Å². The summed E-state index contributed by atoms with van der Waals surface area (Å²) in [5.74, 6) is 0.103. The number of phenols is 1. The second-order valence-electron chi connectivity index (χ2n) is 3.35. The van der Waals surface area contributed by atoms with Crippen LogP contribution in [0, 0.1) is 6.92 Å². The number of aromatic hydroxyl groups is 1. The molecule has 2 nitrogen and oxygen atoms in total. The van der Waals surface area contributed by atoms with Crippen molar-refractivity contribution in [3.63, 3.8) is 0 Å². The normalized spacial score (nSPS) is 10.3. The van der Waals surface area contributed by atoms with Gasteiger partial charge in [0, 0.05) is 11.9 Å². The van der Waals surface area contributed by atoms with Crippen LogP contribution in [0.15, 0.2) is 36.5 Å². The molecule has 0 bridgehead atoms. The quantitative estimate of drug-likeness (QED) is 0.797. The van der Waals surface area contributed by atoms with Crippen molar-refractivity contribution >= 4 is 11.6 Å². The standard InChI is InChI=1S/C12H10ClNO/c1-8-6-10(4-5-14-8)9-2-3-12(15)11(13)7-9/h2-7,15H,1H3. The third kappa shape index (κ3) is 2.10. The predicted molar refractivity (Wildman–Crippen MR) is 61.1 cm³/mol. The van der Waals surface area contributed by atoms with Gasteiger partial charge in [-0.05, 0) is 42.3 Å². The molecule has 0 spiro atoms.